The topological polar surface area (TPSA) is 136 Å². The van der Waals surface area contributed by atoms with Crippen molar-refractivity contribution in [2.75, 3.05) is 17.8 Å². The fourth-order valence-electron chi connectivity index (χ4n) is 4.60. The zero-order valence-corrected chi connectivity index (χ0v) is 19.9. The predicted molar refractivity (Wildman–Crippen MR) is 127 cm³/mol. The molecule has 34 heavy (non-hydrogen) atoms. The zero-order valence-electron chi connectivity index (χ0n) is 19.1. The summed E-state index contributed by atoms with van der Waals surface area (Å²) in [5, 5.41) is 22.7. The number of nitriles is 1. The molecule has 176 valence electrons. The van der Waals surface area contributed by atoms with Crippen molar-refractivity contribution in [2.45, 2.75) is 44.1 Å². The third-order valence-corrected chi connectivity index (χ3v) is 6.84. The van der Waals surface area contributed by atoms with Gasteiger partial charge in [0.2, 0.25) is 0 Å². The number of aryl methyl sites for hydroxylation is 1. The molecule has 1 atom stereocenters. The van der Waals surface area contributed by atoms with Gasteiger partial charge in [-0.3, -0.25) is 19.8 Å². The number of carbonyl (C=O) groups excluding carboxylic acids is 1. The molecular formula is C24H24N4O5S. The minimum absolute atomic E-state index is 0.0699. The monoisotopic (exact) mass is 480 g/mol. The maximum atomic E-state index is 13.3. The zero-order chi connectivity index (χ0) is 24.6. The van der Waals surface area contributed by atoms with Gasteiger partial charge >= 0.3 is 0 Å². The molecule has 0 saturated carbocycles. The van der Waals surface area contributed by atoms with Crippen LogP contribution in [-0.4, -0.2) is 23.6 Å². The average Bonchev–Trinajstić information content (AvgIpc) is 3.18. The molecule has 2 aliphatic rings. The lowest BCUT2D eigenvalue weighted by molar-refractivity contribution is -0.384. The van der Waals surface area contributed by atoms with E-state index in [-0.39, 0.29) is 28.6 Å². The maximum Gasteiger partial charge on any atom is 0.296 e. The number of nitro benzene ring substituents is 1. The van der Waals surface area contributed by atoms with Gasteiger partial charge in [0.1, 0.15) is 23.0 Å². The number of ketones is 1. The van der Waals surface area contributed by atoms with E-state index in [4.69, 9.17) is 14.9 Å². The predicted octanol–water partition coefficient (Wildman–Crippen LogP) is 4.92. The van der Waals surface area contributed by atoms with Gasteiger partial charge in [-0.15, -0.1) is 0 Å². The fraction of sp³-hybridized carbons (Fsp3) is 0.333. The van der Waals surface area contributed by atoms with E-state index in [1.807, 2.05) is 19.9 Å². The van der Waals surface area contributed by atoms with E-state index in [0.29, 0.717) is 47.1 Å². The molecule has 2 aromatic rings. The summed E-state index contributed by atoms with van der Waals surface area (Å²) in [6.45, 7) is 3.81. The Balaban J connectivity index is 2.00. The number of hydrogen-bond donors (Lipinski definition) is 1. The number of furan rings is 1. The van der Waals surface area contributed by atoms with E-state index in [1.54, 1.807) is 6.07 Å². The second-order valence-electron chi connectivity index (χ2n) is 7.96. The molecule has 2 N–H and O–H groups in total. The molecule has 1 aliphatic heterocycles. The van der Waals surface area contributed by atoms with Crippen LogP contribution in [0.3, 0.4) is 0 Å². The fourth-order valence-corrected chi connectivity index (χ4v) is 5.39. The van der Waals surface area contributed by atoms with Crippen molar-refractivity contribution < 1.29 is 18.9 Å². The number of benzene rings is 1. The lowest BCUT2D eigenvalue weighted by Gasteiger charge is -2.39. The average molecular weight is 481 g/mol. The van der Waals surface area contributed by atoms with Crippen molar-refractivity contribution in [3.63, 3.8) is 0 Å². The molecule has 0 saturated heterocycles. The second-order valence-corrected chi connectivity index (χ2v) is 9.20. The number of nitro groups is 1. The minimum atomic E-state index is -0.687. The van der Waals surface area contributed by atoms with E-state index in [9.17, 15) is 20.2 Å². The lowest BCUT2D eigenvalue weighted by atomic mass is 9.76. The number of Topliss-reactive ketones (excluding diaryl/α,β-unsaturated/α-hetero) is 1. The van der Waals surface area contributed by atoms with Crippen molar-refractivity contribution in [1.82, 2.24) is 0 Å². The molecule has 0 radical (unpaired) electrons. The summed E-state index contributed by atoms with van der Waals surface area (Å²) in [6, 6.07) is 8.45. The van der Waals surface area contributed by atoms with Gasteiger partial charge < -0.3 is 14.9 Å². The Morgan fingerprint density at radius 2 is 2.15 bits per heavy atom. The molecule has 4 rings (SSSR count). The number of anilines is 1. The molecule has 10 heteroatoms. The van der Waals surface area contributed by atoms with Crippen LogP contribution in [0.1, 0.15) is 43.4 Å². The Morgan fingerprint density at radius 1 is 1.38 bits per heavy atom. The molecule has 1 unspecified atom stereocenters. The third-order valence-electron chi connectivity index (χ3n) is 5.97. The van der Waals surface area contributed by atoms with Crippen molar-refractivity contribution >= 4 is 28.9 Å². The summed E-state index contributed by atoms with van der Waals surface area (Å²) in [6.07, 6.45) is 1.41. The highest BCUT2D eigenvalue weighted by Gasteiger charge is 2.43. The summed E-state index contributed by atoms with van der Waals surface area (Å²) in [5.41, 5.74) is 8.42. The van der Waals surface area contributed by atoms with E-state index in [2.05, 4.69) is 6.07 Å². The highest BCUT2D eigenvalue weighted by molar-refractivity contribution is 7.99. The number of hydrogen-bond acceptors (Lipinski definition) is 9. The molecule has 1 aromatic carbocycles. The van der Waals surface area contributed by atoms with Crippen molar-refractivity contribution in [3.05, 3.63) is 68.4 Å². The van der Waals surface area contributed by atoms with E-state index in [1.165, 1.54) is 35.9 Å². The number of methoxy groups -OCH3 is 1. The van der Waals surface area contributed by atoms with Crippen LogP contribution in [0.25, 0.3) is 0 Å². The standard InChI is InChI=1S/C24H24N4O5S/c1-4-34-24-15(10-13(2)33-24)21-16(12-25)23(26)27(18-6-5-7-20(29)22(18)21)17-9-8-14(32-3)11-19(17)28(30)31/h8-11,21H,4-7,26H2,1-3H3. The SMILES string of the molecule is CCSc1oc(C)cc1C1C(C#N)=C(N)N(c2ccc(OC)cc2[N+](=O)[O-])C2=C1C(=O)CCC2. The molecule has 1 aliphatic carbocycles. The molecule has 0 bridgehead atoms. The van der Waals surface area contributed by atoms with Gasteiger partial charge in [-0.25, -0.2) is 0 Å². The van der Waals surface area contributed by atoms with Gasteiger partial charge in [0.15, 0.2) is 10.9 Å². The summed E-state index contributed by atoms with van der Waals surface area (Å²) in [7, 11) is 1.42. The van der Waals surface area contributed by atoms with Gasteiger partial charge in [0.25, 0.3) is 5.69 Å². The number of allylic oxidation sites excluding steroid dienone is 3. The summed E-state index contributed by atoms with van der Waals surface area (Å²) >= 11 is 1.49. The summed E-state index contributed by atoms with van der Waals surface area (Å²) < 4.78 is 11.0. The summed E-state index contributed by atoms with van der Waals surface area (Å²) in [5.74, 6) is 1.02. The Hall–Kier alpha value is -3.71. The van der Waals surface area contributed by atoms with Crippen LogP contribution in [0.2, 0.25) is 0 Å². The van der Waals surface area contributed by atoms with Crippen LogP contribution in [0.5, 0.6) is 5.75 Å². The van der Waals surface area contributed by atoms with E-state index >= 15 is 0 Å². The van der Waals surface area contributed by atoms with Crippen LogP contribution < -0.4 is 15.4 Å². The first-order valence-electron chi connectivity index (χ1n) is 10.8. The Bertz CT molecular complexity index is 1290. The van der Waals surface area contributed by atoms with Gasteiger partial charge in [0.05, 0.1) is 35.7 Å². The number of rotatable bonds is 6. The first-order valence-corrected chi connectivity index (χ1v) is 11.8. The van der Waals surface area contributed by atoms with Crippen molar-refractivity contribution in [3.8, 4) is 11.8 Å². The van der Waals surface area contributed by atoms with Gasteiger partial charge in [-0.2, -0.15) is 5.26 Å². The summed E-state index contributed by atoms with van der Waals surface area (Å²) in [4.78, 5) is 26.2. The van der Waals surface area contributed by atoms with Crippen molar-refractivity contribution in [2.24, 2.45) is 5.73 Å². The number of carbonyl (C=O) groups is 1. The first kappa shape index (κ1) is 23.4. The number of nitrogens with zero attached hydrogens (tertiary/aromatic N) is 3. The molecule has 9 nitrogen and oxygen atoms in total. The van der Waals surface area contributed by atoms with E-state index in [0.717, 1.165) is 11.3 Å². The molecular weight excluding hydrogens is 456 g/mol. The number of nitrogens with two attached hydrogens (primary N) is 1. The molecule has 0 spiro atoms. The van der Waals surface area contributed by atoms with Gasteiger partial charge in [-0.1, -0.05) is 18.7 Å². The number of ether oxygens (including phenoxy) is 1. The van der Waals surface area contributed by atoms with Crippen molar-refractivity contribution in [1.29, 1.82) is 5.26 Å². The van der Waals surface area contributed by atoms with Crippen LogP contribution in [0.15, 0.2) is 56.4 Å². The quantitative estimate of drug-likeness (QED) is 0.347. The Morgan fingerprint density at radius 3 is 2.79 bits per heavy atom. The normalized spacial score (nSPS) is 18.1. The number of thioether (sulfide) groups is 1. The first-order chi connectivity index (χ1) is 16.3. The van der Waals surface area contributed by atoms with E-state index < -0.39 is 10.8 Å². The van der Waals surface area contributed by atoms with Gasteiger partial charge in [0, 0.05) is 23.3 Å². The smallest absolute Gasteiger partial charge is 0.296 e. The largest absolute Gasteiger partial charge is 0.496 e. The molecule has 1 aromatic heterocycles. The van der Waals surface area contributed by atoms with Crippen LogP contribution in [-0.2, 0) is 4.79 Å². The maximum absolute atomic E-state index is 13.3. The third kappa shape index (κ3) is 3.82. The van der Waals surface area contributed by atoms with Crippen LogP contribution in [0.4, 0.5) is 11.4 Å². The highest BCUT2D eigenvalue weighted by atomic mass is 32.2. The Labute approximate surface area is 201 Å². The molecule has 0 amide bonds. The van der Waals surface area contributed by atoms with Gasteiger partial charge in [-0.05, 0) is 43.7 Å². The highest BCUT2D eigenvalue weighted by Crippen LogP contribution is 2.50. The minimum Gasteiger partial charge on any atom is -0.496 e. The van der Waals surface area contributed by atoms with Crippen LogP contribution in [0, 0.1) is 28.4 Å². The van der Waals surface area contributed by atoms with Crippen LogP contribution >= 0.6 is 11.8 Å². The lowest BCUT2D eigenvalue weighted by Crippen LogP contribution is -2.39. The second kappa shape index (κ2) is 9.27. The molecule has 0 fully saturated rings. The molecule has 2 heterocycles. The Kier molecular flexibility index (Phi) is 6.39.